The Morgan fingerprint density at radius 1 is 1.36 bits per heavy atom. The Morgan fingerprint density at radius 3 is 2.68 bits per heavy atom. The summed E-state index contributed by atoms with van der Waals surface area (Å²) in [6.07, 6.45) is 6.32. The Kier molecular flexibility index (Phi) is 5.71. The third-order valence-corrected chi connectivity index (χ3v) is 5.49. The van der Waals surface area contributed by atoms with Crippen LogP contribution < -0.4 is 5.32 Å². The van der Waals surface area contributed by atoms with Gasteiger partial charge in [0.25, 0.3) is 0 Å². The van der Waals surface area contributed by atoms with E-state index in [9.17, 15) is 10.1 Å². The molecular weight excluding hydrogens is 318 g/mol. The Bertz CT molecular complexity index is 595. The fraction of sp³-hybridized carbons (Fsp3) is 0.722. The lowest BCUT2D eigenvalue weighted by Crippen LogP contribution is -2.58. The molecule has 1 unspecified atom stereocenters. The Morgan fingerprint density at radius 2 is 2.08 bits per heavy atom. The first-order valence-corrected chi connectivity index (χ1v) is 9.21. The van der Waals surface area contributed by atoms with E-state index in [1.54, 1.807) is 6.26 Å². The molecule has 2 aliphatic rings. The van der Waals surface area contributed by atoms with Crippen LogP contribution in [0.2, 0.25) is 0 Å². The highest BCUT2D eigenvalue weighted by Crippen LogP contribution is 2.27. The summed E-state index contributed by atoms with van der Waals surface area (Å²) in [6, 6.07) is 4.04. The summed E-state index contributed by atoms with van der Waals surface area (Å²) in [6.45, 7) is 6.19. The molecule has 1 aliphatic carbocycles. The first kappa shape index (κ1) is 17.9. The molecule has 3 rings (SSSR count). The summed E-state index contributed by atoms with van der Waals surface area (Å²) in [4.78, 5) is 17.2. The van der Waals surface area contributed by atoms with E-state index in [2.05, 4.69) is 26.3 Å². The molecule has 0 radical (unpaired) electrons. The van der Waals surface area contributed by atoms with Crippen molar-refractivity contribution in [3.05, 3.63) is 18.0 Å². The van der Waals surface area contributed by atoms with Crippen LogP contribution in [0.15, 0.2) is 16.9 Å². The SMILES string of the molecule is CC(C(=O)NC1(C#N)CCCCC1)N1CCN(Cc2ccon2)CC1. The second kappa shape index (κ2) is 7.98. The van der Waals surface area contributed by atoms with Crippen LogP contribution in [-0.4, -0.2) is 58.6 Å². The molecule has 1 aromatic heterocycles. The number of amides is 1. The van der Waals surface area contributed by atoms with Gasteiger partial charge >= 0.3 is 0 Å². The van der Waals surface area contributed by atoms with Gasteiger partial charge in [0.05, 0.1) is 17.8 Å². The van der Waals surface area contributed by atoms with E-state index in [0.717, 1.165) is 70.5 Å². The molecule has 1 N–H and O–H groups in total. The molecule has 1 saturated heterocycles. The fourth-order valence-corrected chi connectivity index (χ4v) is 3.78. The number of piperazine rings is 1. The van der Waals surface area contributed by atoms with Gasteiger partial charge in [0.15, 0.2) is 0 Å². The predicted molar refractivity (Wildman–Crippen MR) is 92.4 cm³/mol. The maximum atomic E-state index is 12.7. The molecule has 1 aromatic rings. The minimum absolute atomic E-state index is 0.0200. The standard InChI is InChI=1S/C18H27N5O2/c1-15(17(24)20-18(14-19)6-3-2-4-7-18)23-10-8-22(9-11-23)13-16-5-12-25-21-16/h5,12,15H,2-4,6-11,13H2,1H3,(H,20,24). The smallest absolute Gasteiger partial charge is 0.238 e. The molecular formula is C18H27N5O2. The van der Waals surface area contributed by atoms with Gasteiger partial charge in [-0.25, -0.2) is 0 Å². The van der Waals surface area contributed by atoms with Crippen molar-refractivity contribution in [1.82, 2.24) is 20.3 Å². The number of carbonyl (C=O) groups is 1. The Balaban J connectivity index is 1.49. The lowest BCUT2D eigenvalue weighted by Gasteiger charge is -2.39. The second-order valence-corrected chi connectivity index (χ2v) is 7.22. The summed E-state index contributed by atoms with van der Waals surface area (Å²) in [7, 11) is 0. The number of nitrogens with one attached hydrogen (secondary N) is 1. The molecule has 25 heavy (non-hydrogen) atoms. The summed E-state index contributed by atoms with van der Waals surface area (Å²) < 4.78 is 4.87. The average molecular weight is 345 g/mol. The number of hydrogen-bond donors (Lipinski definition) is 1. The van der Waals surface area contributed by atoms with Crippen LogP contribution in [-0.2, 0) is 11.3 Å². The quantitative estimate of drug-likeness (QED) is 0.871. The van der Waals surface area contributed by atoms with Crippen LogP contribution >= 0.6 is 0 Å². The Hall–Kier alpha value is -1.91. The summed E-state index contributed by atoms with van der Waals surface area (Å²) in [5.41, 5.74) is 0.283. The third-order valence-electron chi connectivity index (χ3n) is 5.49. The van der Waals surface area contributed by atoms with E-state index in [0.29, 0.717) is 0 Å². The van der Waals surface area contributed by atoms with E-state index >= 15 is 0 Å². The van der Waals surface area contributed by atoms with Gasteiger partial charge in [-0.2, -0.15) is 5.26 Å². The van der Waals surface area contributed by atoms with Crippen LogP contribution in [0.3, 0.4) is 0 Å². The van der Waals surface area contributed by atoms with Crippen LogP contribution in [0.4, 0.5) is 0 Å². The third kappa shape index (κ3) is 4.39. The van der Waals surface area contributed by atoms with E-state index in [4.69, 9.17) is 4.52 Å². The van der Waals surface area contributed by atoms with E-state index in [-0.39, 0.29) is 11.9 Å². The van der Waals surface area contributed by atoms with Crippen LogP contribution in [0, 0.1) is 11.3 Å². The highest BCUT2D eigenvalue weighted by atomic mass is 16.5. The van der Waals surface area contributed by atoms with Gasteiger partial charge < -0.3 is 9.84 Å². The number of nitriles is 1. The van der Waals surface area contributed by atoms with Crippen molar-refractivity contribution in [1.29, 1.82) is 5.26 Å². The van der Waals surface area contributed by atoms with E-state index in [1.807, 2.05) is 13.0 Å². The topological polar surface area (TPSA) is 85.4 Å². The lowest BCUT2D eigenvalue weighted by atomic mass is 9.82. The molecule has 1 amide bonds. The number of carbonyl (C=O) groups excluding carboxylic acids is 1. The zero-order valence-corrected chi connectivity index (χ0v) is 14.9. The van der Waals surface area contributed by atoms with Crippen LogP contribution in [0.25, 0.3) is 0 Å². The van der Waals surface area contributed by atoms with E-state index < -0.39 is 5.54 Å². The number of hydrogen-bond acceptors (Lipinski definition) is 6. The zero-order valence-electron chi connectivity index (χ0n) is 14.9. The minimum atomic E-state index is -0.654. The maximum Gasteiger partial charge on any atom is 0.238 e. The molecule has 2 fully saturated rings. The maximum absolute atomic E-state index is 12.7. The molecule has 1 aliphatic heterocycles. The van der Waals surface area contributed by atoms with Gasteiger partial charge in [0.2, 0.25) is 5.91 Å². The van der Waals surface area contributed by atoms with Crippen molar-refractivity contribution in [2.24, 2.45) is 0 Å². The lowest BCUT2D eigenvalue weighted by molar-refractivity contribution is -0.128. The van der Waals surface area contributed by atoms with Crippen molar-refractivity contribution in [3.8, 4) is 6.07 Å². The Labute approximate surface area is 148 Å². The van der Waals surface area contributed by atoms with Crippen molar-refractivity contribution in [2.75, 3.05) is 26.2 Å². The normalized spacial score (nSPS) is 22.9. The number of rotatable bonds is 5. The van der Waals surface area contributed by atoms with Gasteiger partial charge in [0, 0.05) is 38.8 Å². The first-order valence-electron chi connectivity index (χ1n) is 9.21. The molecule has 136 valence electrons. The first-order chi connectivity index (χ1) is 12.1. The molecule has 7 heteroatoms. The minimum Gasteiger partial charge on any atom is -0.364 e. The van der Waals surface area contributed by atoms with Crippen LogP contribution in [0.1, 0.15) is 44.7 Å². The molecule has 7 nitrogen and oxygen atoms in total. The molecule has 2 heterocycles. The molecule has 1 saturated carbocycles. The molecule has 0 spiro atoms. The van der Waals surface area contributed by atoms with Crippen molar-refractivity contribution in [3.63, 3.8) is 0 Å². The van der Waals surface area contributed by atoms with Crippen molar-refractivity contribution < 1.29 is 9.32 Å². The second-order valence-electron chi connectivity index (χ2n) is 7.22. The van der Waals surface area contributed by atoms with Gasteiger partial charge in [-0.3, -0.25) is 14.6 Å². The van der Waals surface area contributed by atoms with Gasteiger partial charge in [-0.05, 0) is 19.8 Å². The highest BCUT2D eigenvalue weighted by molar-refractivity contribution is 5.82. The number of nitrogens with zero attached hydrogens (tertiary/aromatic N) is 4. The molecule has 1 atom stereocenters. The van der Waals surface area contributed by atoms with E-state index in [1.165, 1.54) is 0 Å². The summed E-state index contributed by atoms with van der Waals surface area (Å²) >= 11 is 0. The zero-order chi connectivity index (χ0) is 17.7. The molecule has 0 aromatic carbocycles. The summed E-state index contributed by atoms with van der Waals surface area (Å²) in [5.74, 6) is -0.0200. The fourth-order valence-electron chi connectivity index (χ4n) is 3.78. The largest absolute Gasteiger partial charge is 0.364 e. The predicted octanol–water partition coefficient (Wildman–Crippen LogP) is 1.52. The van der Waals surface area contributed by atoms with Gasteiger partial charge in [-0.1, -0.05) is 24.4 Å². The number of aromatic nitrogens is 1. The van der Waals surface area contributed by atoms with Crippen molar-refractivity contribution in [2.45, 2.75) is 57.2 Å². The van der Waals surface area contributed by atoms with Crippen LogP contribution in [0.5, 0.6) is 0 Å². The highest BCUT2D eigenvalue weighted by Gasteiger charge is 2.36. The van der Waals surface area contributed by atoms with Gasteiger partial charge in [0.1, 0.15) is 11.8 Å². The molecule has 0 bridgehead atoms. The van der Waals surface area contributed by atoms with Crippen molar-refractivity contribution >= 4 is 5.91 Å². The monoisotopic (exact) mass is 345 g/mol. The average Bonchev–Trinajstić information content (AvgIpc) is 3.15. The van der Waals surface area contributed by atoms with Gasteiger partial charge in [-0.15, -0.1) is 0 Å². The summed E-state index contributed by atoms with van der Waals surface area (Å²) in [5, 5.41) is 16.5.